The molecule has 2 rings (SSSR count). The molecule has 0 bridgehead atoms. The van der Waals surface area contributed by atoms with Crippen LogP contribution in [-0.4, -0.2) is 17.9 Å². The quantitative estimate of drug-likeness (QED) is 0.767. The van der Waals surface area contributed by atoms with E-state index >= 15 is 0 Å². The van der Waals surface area contributed by atoms with Crippen LogP contribution >= 0.6 is 34.8 Å². The van der Waals surface area contributed by atoms with Gasteiger partial charge in [0.2, 0.25) is 0 Å². The van der Waals surface area contributed by atoms with Crippen molar-refractivity contribution in [3.63, 3.8) is 0 Å². The van der Waals surface area contributed by atoms with E-state index in [1.807, 2.05) is 6.07 Å². The fraction of sp³-hybridized carbons (Fsp3) is 0.214. The highest BCUT2D eigenvalue weighted by molar-refractivity contribution is 6.42. The van der Waals surface area contributed by atoms with Gasteiger partial charge < -0.3 is 9.32 Å². The zero-order valence-electron chi connectivity index (χ0n) is 10.7. The van der Waals surface area contributed by atoms with Crippen LogP contribution in [0.3, 0.4) is 0 Å². The lowest BCUT2D eigenvalue weighted by Gasteiger charge is -2.16. The molecule has 0 saturated heterocycles. The lowest BCUT2D eigenvalue weighted by Crippen LogP contribution is -2.25. The maximum Gasteiger partial charge on any atom is 0.289 e. The van der Waals surface area contributed by atoms with Gasteiger partial charge in [-0.15, -0.1) is 11.6 Å². The predicted molar refractivity (Wildman–Crippen MR) is 80.5 cm³/mol. The van der Waals surface area contributed by atoms with Crippen molar-refractivity contribution in [3.8, 4) is 0 Å². The SMILES string of the molecule is CN(Cc1ccc(Cl)c(Cl)c1)C(=O)c1ccc(CCl)o1. The second-order valence-electron chi connectivity index (χ2n) is 4.31. The summed E-state index contributed by atoms with van der Waals surface area (Å²) in [5, 5.41) is 0.953. The molecule has 106 valence electrons. The molecule has 0 fully saturated rings. The van der Waals surface area contributed by atoms with Gasteiger partial charge in [-0.2, -0.15) is 0 Å². The van der Waals surface area contributed by atoms with Gasteiger partial charge in [-0.05, 0) is 29.8 Å². The maximum atomic E-state index is 12.2. The van der Waals surface area contributed by atoms with Gasteiger partial charge >= 0.3 is 0 Å². The summed E-state index contributed by atoms with van der Waals surface area (Å²) < 4.78 is 5.33. The van der Waals surface area contributed by atoms with Crippen LogP contribution in [0, 0.1) is 0 Å². The van der Waals surface area contributed by atoms with E-state index in [1.54, 1.807) is 31.3 Å². The van der Waals surface area contributed by atoms with E-state index in [9.17, 15) is 4.79 Å². The Balaban J connectivity index is 2.08. The second kappa shape index (κ2) is 6.53. The molecule has 1 heterocycles. The van der Waals surface area contributed by atoms with Crippen LogP contribution in [0.2, 0.25) is 10.0 Å². The van der Waals surface area contributed by atoms with Crippen molar-refractivity contribution in [1.29, 1.82) is 0 Å². The first kappa shape index (κ1) is 15.2. The summed E-state index contributed by atoms with van der Waals surface area (Å²) in [5.41, 5.74) is 0.888. The predicted octanol–water partition coefficient (Wildman–Crippen LogP) is 4.60. The van der Waals surface area contributed by atoms with Crippen molar-refractivity contribution in [2.45, 2.75) is 12.4 Å². The van der Waals surface area contributed by atoms with Crippen LogP contribution in [-0.2, 0) is 12.4 Å². The van der Waals surface area contributed by atoms with E-state index < -0.39 is 0 Å². The number of halogens is 3. The van der Waals surface area contributed by atoms with Gasteiger partial charge in [-0.25, -0.2) is 0 Å². The molecule has 2 aromatic rings. The fourth-order valence-electron chi connectivity index (χ4n) is 1.74. The van der Waals surface area contributed by atoms with Crippen LogP contribution in [0.25, 0.3) is 0 Å². The molecule has 0 radical (unpaired) electrons. The number of benzene rings is 1. The van der Waals surface area contributed by atoms with Gasteiger partial charge in [-0.1, -0.05) is 29.3 Å². The Morgan fingerprint density at radius 1 is 1.20 bits per heavy atom. The molecule has 20 heavy (non-hydrogen) atoms. The van der Waals surface area contributed by atoms with Crippen molar-refractivity contribution >= 4 is 40.7 Å². The summed E-state index contributed by atoms with van der Waals surface area (Å²) in [6, 6.07) is 8.57. The molecule has 0 saturated carbocycles. The molecule has 0 atom stereocenters. The number of alkyl halides is 1. The number of hydrogen-bond donors (Lipinski definition) is 0. The number of amides is 1. The number of hydrogen-bond acceptors (Lipinski definition) is 2. The normalized spacial score (nSPS) is 10.6. The summed E-state index contributed by atoms with van der Waals surface area (Å²) in [6.07, 6.45) is 0. The van der Waals surface area contributed by atoms with Crippen LogP contribution in [0.5, 0.6) is 0 Å². The van der Waals surface area contributed by atoms with Crippen molar-refractivity contribution in [3.05, 3.63) is 57.5 Å². The molecule has 0 unspecified atom stereocenters. The van der Waals surface area contributed by atoms with E-state index in [-0.39, 0.29) is 17.5 Å². The summed E-state index contributed by atoms with van der Waals surface area (Å²) >= 11 is 17.4. The molecular weight excluding hydrogens is 321 g/mol. The summed E-state index contributed by atoms with van der Waals surface area (Å²) in [6.45, 7) is 0.409. The first-order valence-electron chi connectivity index (χ1n) is 5.85. The summed E-state index contributed by atoms with van der Waals surface area (Å²) in [7, 11) is 1.69. The zero-order valence-corrected chi connectivity index (χ0v) is 13.0. The zero-order chi connectivity index (χ0) is 14.7. The highest BCUT2D eigenvalue weighted by Gasteiger charge is 2.16. The standard InChI is InChI=1S/C14H12Cl3NO2/c1-18(8-9-2-4-11(16)12(17)6-9)14(19)13-5-3-10(7-15)20-13/h2-6H,7-8H2,1H3. The van der Waals surface area contributed by atoms with Crippen molar-refractivity contribution in [1.82, 2.24) is 4.90 Å². The number of rotatable bonds is 4. The van der Waals surface area contributed by atoms with Crippen LogP contribution in [0.4, 0.5) is 0 Å². The summed E-state index contributed by atoms with van der Waals surface area (Å²) in [5.74, 6) is 0.859. The Morgan fingerprint density at radius 3 is 2.55 bits per heavy atom. The monoisotopic (exact) mass is 331 g/mol. The van der Waals surface area contributed by atoms with E-state index in [4.69, 9.17) is 39.2 Å². The number of carbonyl (C=O) groups is 1. The molecule has 0 aliphatic rings. The molecule has 1 aromatic carbocycles. The van der Waals surface area contributed by atoms with Crippen LogP contribution in [0.15, 0.2) is 34.7 Å². The maximum absolute atomic E-state index is 12.2. The largest absolute Gasteiger partial charge is 0.455 e. The lowest BCUT2D eigenvalue weighted by atomic mass is 10.2. The minimum Gasteiger partial charge on any atom is -0.455 e. The third-order valence-corrected chi connectivity index (χ3v) is 3.76. The van der Waals surface area contributed by atoms with E-state index in [0.717, 1.165) is 5.56 Å². The molecule has 0 N–H and O–H groups in total. The lowest BCUT2D eigenvalue weighted by molar-refractivity contribution is 0.0752. The Hall–Kier alpha value is -1.16. The van der Waals surface area contributed by atoms with E-state index in [2.05, 4.69) is 0 Å². The Kier molecular flexibility index (Phi) is 4.97. The van der Waals surface area contributed by atoms with Crippen molar-refractivity contribution in [2.75, 3.05) is 7.05 Å². The second-order valence-corrected chi connectivity index (χ2v) is 5.39. The van der Waals surface area contributed by atoms with Crippen molar-refractivity contribution < 1.29 is 9.21 Å². The molecule has 6 heteroatoms. The van der Waals surface area contributed by atoms with Crippen LogP contribution < -0.4 is 0 Å². The molecule has 0 spiro atoms. The Bertz CT molecular complexity index is 625. The molecule has 0 aliphatic carbocycles. The smallest absolute Gasteiger partial charge is 0.289 e. The molecular formula is C14H12Cl3NO2. The third-order valence-electron chi connectivity index (χ3n) is 2.75. The first-order chi connectivity index (χ1) is 9.51. The van der Waals surface area contributed by atoms with Gasteiger partial charge in [0, 0.05) is 13.6 Å². The minimum atomic E-state index is -0.215. The first-order valence-corrected chi connectivity index (χ1v) is 7.14. The van der Waals surface area contributed by atoms with Gasteiger partial charge in [0.25, 0.3) is 5.91 Å². The molecule has 1 amide bonds. The average Bonchev–Trinajstić information content (AvgIpc) is 2.91. The topological polar surface area (TPSA) is 33.5 Å². The van der Waals surface area contributed by atoms with Crippen LogP contribution in [0.1, 0.15) is 21.9 Å². The third kappa shape index (κ3) is 3.48. The van der Waals surface area contributed by atoms with Gasteiger partial charge in [-0.3, -0.25) is 4.79 Å². The molecule has 3 nitrogen and oxygen atoms in total. The van der Waals surface area contributed by atoms with Gasteiger partial charge in [0.05, 0.1) is 15.9 Å². The summed E-state index contributed by atoms with van der Waals surface area (Å²) in [4.78, 5) is 13.7. The van der Waals surface area contributed by atoms with E-state index in [0.29, 0.717) is 22.4 Å². The van der Waals surface area contributed by atoms with Gasteiger partial charge in [0.15, 0.2) is 5.76 Å². The molecule has 1 aromatic heterocycles. The highest BCUT2D eigenvalue weighted by atomic mass is 35.5. The molecule has 0 aliphatic heterocycles. The van der Waals surface area contributed by atoms with Gasteiger partial charge in [0.1, 0.15) is 5.76 Å². The number of furan rings is 1. The van der Waals surface area contributed by atoms with E-state index in [1.165, 1.54) is 4.90 Å². The fourth-order valence-corrected chi connectivity index (χ4v) is 2.20. The van der Waals surface area contributed by atoms with Crippen molar-refractivity contribution in [2.24, 2.45) is 0 Å². The highest BCUT2D eigenvalue weighted by Crippen LogP contribution is 2.23. The Labute approximate surface area is 132 Å². The average molecular weight is 333 g/mol. The number of nitrogens with zero attached hydrogens (tertiary/aromatic N) is 1. The number of carbonyl (C=O) groups excluding carboxylic acids is 1. The Morgan fingerprint density at radius 2 is 1.95 bits per heavy atom. The minimum absolute atomic E-state index is 0.215.